The van der Waals surface area contributed by atoms with Gasteiger partial charge in [0.2, 0.25) is 0 Å². The van der Waals surface area contributed by atoms with E-state index in [4.69, 9.17) is 10.5 Å². The Morgan fingerprint density at radius 2 is 2.04 bits per heavy atom. The maximum absolute atomic E-state index is 13.0. The van der Waals surface area contributed by atoms with Gasteiger partial charge >= 0.3 is 6.03 Å². The zero-order valence-corrected chi connectivity index (χ0v) is 14.3. The van der Waals surface area contributed by atoms with Gasteiger partial charge in [0.15, 0.2) is 0 Å². The van der Waals surface area contributed by atoms with Crippen LogP contribution >= 0.6 is 0 Å². The number of anilines is 2. The van der Waals surface area contributed by atoms with Crippen molar-refractivity contribution in [3.05, 3.63) is 18.2 Å². The van der Waals surface area contributed by atoms with Gasteiger partial charge in [0.1, 0.15) is 12.4 Å². The van der Waals surface area contributed by atoms with Crippen LogP contribution < -0.4 is 20.7 Å². The fraction of sp³-hybridized carbons (Fsp3) is 0.632. The van der Waals surface area contributed by atoms with Crippen LogP contribution in [0.2, 0.25) is 0 Å². The van der Waals surface area contributed by atoms with Gasteiger partial charge in [0.05, 0.1) is 17.8 Å². The van der Waals surface area contributed by atoms with Crippen molar-refractivity contribution in [2.75, 3.05) is 23.8 Å². The average molecular weight is 343 g/mol. The summed E-state index contributed by atoms with van der Waals surface area (Å²) in [6.45, 7) is 1.01. The van der Waals surface area contributed by atoms with E-state index in [1.165, 1.54) is 0 Å². The lowest BCUT2D eigenvalue weighted by Crippen LogP contribution is -2.63. The third kappa shape index (κ3) is 2.46. The number of nitrogen functional groups attached to an aromatic ring is 1. The number of carbonyl (C=O) groups is 1. The van der Waals surface area contributed by atoms with Crippen LogP contribution in [0.3, 0.4) is 0 Å². The number of rotatable bonds is 1. The average Bonchev–Trinajstić information content (AvgIpc) is 2.56. The smallest absolute Gasteiger partial charge is 0.322 e. The summed E-state index contributed by atoms with van der Waals surface area (Å²) >= 11 is 0. The highest BCUT2D eigenvalue weighted by atomic mass is 16.5. The van der Waals surface area contributed by atoms with Gasteiger partial charge in [-0.1, -0.05) is 0 Å². The number of fused-ring (bicyclic) bond motifs is 1. The fourth-order valence-corrected chi connectivity index (χ4v) is 5.88. The first-order chi connectivity index (χ1) is 12.0. The molecule has 25 heavy (non-hydrogen) atoms. The molecule has 134 valence electrons. The molecule has 4 fully saturated rings. The van der Waals surface area contributed by atoms with Crippen molar-refractivity contribution in [3.63, 3.8) is 0 Å². The Morgan fingerprint density at radius 3 is 2.76 bits per heavy atom. The maximum atomic E-state index is 13.0. The number of hydrogen-bond donors (Lipinski definition) is 3. The molecule has 0 saturated heterocycles. The molecule has 4 saturated carbocycles. The van der Waals surface area contributed by atoms with Gasteiger partial charge < -0.3 is 20.9 Å². The van der Waals surface area contributed by atoms with Gasteiger partial charge in [-0.25, -0.2) is 4.79 Å². The summed E-state index contributed by atoms with van der Waals surface area (Å²) in [5.41, 5.74) is 6.79. The number of nitrogens with one attached hydrogen (secondary N) is 1. The molecule has 2 amide bonds. The minimum atomic E-state index is -0.474. The molecule has 4 aliphatic carbocycles. The molecule has 0 aromatic heterocycles. The zero-order chi connectivity index (χ0) is 17.2. The number of aliphatic hydroxyl groups is 1. The predicted octanol–water partition coefficient (Wildman–Crippen LogP) is 2.12. The number of hydrogen-bond acceptors (Lipinski definition) is 4. The van der Waals surface area contributed by atoms with Crippen LogP contribution in [-0.4, -0.2) is 35.9 Å². The highest BCUT2D eigenvalue weighted by Gasteiger charge is 2.55. The van der Waals surface area contributed by atoms with Crippen molar-refractivity contribution in [1.82, 2.24) is 5.32 Å². The van der Waals surface area contributed by atoms with E-state index in [2.05, 4.69) is 5.32 Å². The third-order valence-electron chi connectivity index (χ3n) is 6.62. The van der Waals surface area contributed by atoms with Gasteiger partial charge in [-0.2, -0.15) is 0 Å². The summed E-state index contributed by atoms with van der Waals surface area (Å²) < 4.78 is 5.65. The number of nitrogens with two attached hydrogens (primary N) is 1. The molecule has 0 radical (unpaired) electrons. The van der Waals surface area contributed by atoms with Crippen molar-refractivity contribution < 1.29 is 14.6 Å². The molecule has 2 unspecified atom stereocenters. The lowest BCUT2D eigenvalue weighted by atomic mass is 9.52. The van der Waals surface area contributed by atoms with Crippen molar-refractivity contribution in [3.8, 4) is 5.75 Å². The Hall–Kier alpha value is -1.95. The van der Waals surface area contributed by atoms with E-state index in [1.54, 1.807) is 17.0 Å². The van der Waals surface area contributed by atoms with Gasteiger partial charge in [0.25, 0.3) is 0 Å². The number of benzene rings is 1. The molecule has 1 aliphatic heterocycles. The minimum absolute atomic E-state index is 0.0698. The van der Waals surface area contributed by atoms with Crippen molar-refractivity contribution in [1.29, 1.82) is 0 Å². The summed E-state index contributed by atoms with van der Waals surface area (Å²) in [5, 5.41) is 14.0. The van der Waals surface area contributed by atoms with Crippen LogP contribution in [0, 0.1) is 17.8 Å². The number of carbonyl (C=O) groups excluding carboxylic acids is 1. The minimum Gasteiger partial charge on any atom is -0.490 e. The highest BCUT2D eigenvalue weighted by Crippen LogP contribution is 2.55. The van der Waals surface area contributed by atoms with Gasteiger partial charge in [-0.3, -0.25) is 4.90 Å². The van der Waals surface area contributed by atoms with Crippen LogP contribution in [0.15, 0.2) is 18.2 Å². The van der Waals surface area contributed by atoms with Crippen LogP contribution in [0.5, 0.6) is 5.75 Å². The van der Waals surface area contributed by atoms with E-state index in [0.717, 1.165) is 37.8 Å². The first-order valence-corrected chi connectivity index (χ1v) is 9.33. The largest absolute Gasteiger partial charge is 0.490 e. The first-order valence-electron chi connectivity index (χ1n) is 9.33. The van der Waals surface area contributed by atoms with Crippen molar-refractivity contribution >= 4 is 17.4 Å². The van der Waals surface area contributed by atoms with Crippen molar-refractivity contribution in [2.24, 2.45) is 17.8 Å². The lowest BCUT2D eigenvalue weighted by Gasteiger charge is -2.58. The quantitative estimate of drug-likeness (QED) is 0.682. The Kier molecular flexibility index (Phi) is 3.23. The monoisotopic (exact) mass is 343 g/mol. The highest BCUT2D eigenvalue weighted by molar-refractivity contribution is 5.95. The van der Waals surface area contributed by atoms with Crippen LogP contribution in [-0.2, 0) is 0 Å². The normalized spacial score (nSPS) is 38.2. The summed E-state index contributed by atoms with van der Waals surface area (Å²) in [7, 11) is 0. The second-order valence-electron chi connectivity index (χ2n) is 8.40. The van der Waals surface area contributed by atoms with Gasteiger partial charge in [-0.05, 0) is 68.1 Å². The van der Waals surface area contributed by atoms with E-state index < -0.39 is 5.60 Å². The molecule has 5 aliphatic rings. The lowest BCUT2D eigenvalue weighted by molar-refractivity contribution is -0.136. The topological polar surface area (TPSA) is 87.8 Å². The zero-order valence-electron chi connectivity index (χ0n) is 14.3. The fourth-order valence-electron chi connectivity index (χ4n) is 5.88. The molecule has 6 nitrogen and oxygen atoms in total. The molecule has 4 N–H and O–H groups in total. The molecular formula is C19H25N3O3. The van der Waals surface area contributed by atoms with Crippen molar-refractivity contribution in [2.45, 2.75) is 43.7 Å². The van der Waals surface area contributed by atoms with E-state index in [0.29, 0.717) is 42.3 Å². The van der Waals surface area contributed by atoms with Gasteiger partial charge in [0, 0.05) is 11.7 Å². The van der Waals surface area contributed by atoms with Crippen LogP contribution in [0.1, 0.15) is 32.1 Å². The summed E-state index contributed by atoms with van der Waals surface area (Å²) in [5.74, 6) is 2.15. The Bertz CT molecular complexity index is 706. The molecule has 4 bridgehead atoms. The second-order valence-corrected chi connectivity index (χ2v) is 8.40. The Labute approximate surface area is 147 Å². The SMILES string of the molecule is Nc1ccc2c(c1)N(C(=O)N[C@H]1C3CC4CC1C[C@](O)(C4)C3)CCO2. The summed E-state index contributed by atoms with van der Waals surface area (Å²) in [6.07, 6.45) is 4.89. The molecular weight excluding hydrogens is 318 g/mol. The van der Waals surface area contributed by atoms with Crippen LogP contribution in [0.4, 0.5) is 16.2 Å². The molecule has 6 rings (SSSR count). The van der Waals surface area contributed by atoms with E-state index in [-0.39, 0.29) is 12.1 Å². The van der Waals surface area contributed by atoms with E-state index in [1.807, 2.05) is 6.07 Å². The van der Waals surface area contributed by atoms with Gasteiger partial charge in [-0.15, -0.1) is 0 Å². The van der Waals surface area contributed by atoms with Crippen LogP contribution in [0.25, 0.3) is 0 Å². The molecule has 6 heteroatoms. The number of ether oxygens (including phenoxy) is 1. The first kappa shape index (κ1) is 15.3. The molecule has 1 aromatic rings. The molecule has 1 heterocycles. The molecule has 1 aromatic carbocycles. The maximum Gasteiger partial charge on any atom is 0.322 e. The predicted molar refractivity (Wildman–Crippen MR) is 94.5 cm³/mol. The molecule has 0 spiro atoms. The number of nitrogens with zero attached hydrogens (tertiary/aromatic N) is 1. The third-order valence-corrected chi connectivity index (χ3v) is 6.62. The second kappa shape index (κ2) is 5.27. The molecule has 2 atom stereocenters. The van der Waals surface area contributed by atoms with E-state index >= 15 is 0 Å². The summed E-state index contributed by atoms with van der Waals surface area (Å²) in [4.78, 5) is 14.7. The standard InChI is InChI=1S/C19H25N3O3/c20-14-1-2-16-15(7-14)22(3-4-25-16)18(23)21-17-12-5-11-6-13(17)10-19(24,8-11)9-12/h1-2,7,11-13,17,24H,3-6,8-10,20H2,(H,21,23)/t11?,12?,13?,17-,19-. The number of amides is 2. The Morgan fingerprint density at radius 1 is 1.28 bits per heavy atom. The van der Waals surface area contributed by atoms with E-state index in [9.17, 15) is 9.90 Å². The Balaban J connectivity index is 1.36. The number of urea groups is 1. The summed E-state index contributed by atoms with van der Waals surface area (Å²) in [6, 6.07) is 5.52.